The SMILES string of the molecule is CCCNC(c1ccc(Br)cc1)c1ccc(Cl)s1. The standard InChI is InChI=1S/C14H15BrClNS/c1-2-9-17-14(12-7-8-13(16)18-12)10-3-5-11(15)6-4-10/h3-8,14,17H,2,9H2,1H3. The van der Waals surface area contributed by atoms with Gasteiger partial charge in [0, 0.05) is 9.35 Å². The maximum Gasteiger partial charge on any atom is 0.0931 e. The maximum atomic E-state index is 6.03. The van der Waals surface area contributed by atoms with E-state index in [1.54, 1.807) is 11.3 Å². The smallest absolute Gasteiger partial charge is 0.0931 e. The maximum absolute atomic E-state index is 6.03. The van der Waals surface area contributed by atoms with Crippen molar-refractivity contribution in [3.63, 3.8) is 0 Å². The van der Waals surface area contributed by atoms with E-state index in [0.717, 1.165) is 21.8 Å². The van der Waals surface area contributed by atoms with Crippen LogP contribution in [-0.2, 0) is 0 Å². The summed E-state index contributed by atoms with van der Waals surface area (Å²) in [7, 11) is 0. The highest BCUT2D eigenvalue weighted by Crippen LogP contribution is 2.31. The highest BCUT2D eigenvalue weighted by Gasteiger charge is 2.15. The third-order valence-corrected chi connectivity index (χ3v) is 4.50. The molecule has 0 spiro atoms. The van der Waals surface area contributed by atoms with Gasteiger partial charge in [-0.25, -0.2) is 0 Å². The Morgan fingerprint density at radius 3 is 2.50 bits per heavy atom. The Balaban J connectivity index is 2.27. The molecule has 1 atom stereocenters. The van der Waals surface area contributed by atoms with Crippen LogP contribution in [0.4, 0.5) is 0 Å². The van der Waals surface area contributed by atoms with Gasteiger partial charge in [-0.05, 0) is 42.8 Å². The van der Waals surface area contributed by atoms with Gasteiger partial charge >= 0.3 is 0 Å². The topological polar surface area (TPSA) is 12.0 Å². The highest BCUT2D eigenvalue weighted by atomic mass is 79.9. The Morgan fingerprint density at radius 1 is 1.22 bits per heavy atom. The molecule has 1 nitrogen and oxygen atoms in total. The fraction of sp³-hybridized carbons (Fsp3) is 0.286. The molecule has 0 saturated heterocycles. The first-order chi connectivity index (χ1) is 8.70. The summed E-state index contributed by atoms with van der Waals surface area (Å²) in [6.07, 6.45) is 1.12. The molecule has 0 aliphatic heterocycles. The summed E-state index contributed by atoms with van der Waals surface area (Å²) in [6, 6.07) is 12.7. The Bertz CT molecular complexity index is 495. The van der Waals surface area contributed by atoms with Crippen molar-refractivity contribution in [2.45, 2.75) is 19.4 Å². The fourth-order valence-electron chi connectivity index (χ4n) is 1.81. The van der Waals surface area contributed by atoms with E-state index in [9.17, 15) is 0 Å². The molecule has 1 heterocycles. The van der Waals surface area contributed by atoms with Crippen LogP contribution in [-0.4, -0.2) is 6.54 Å². The Kier molecular flexibility index (Phi) is 5.25. The van der Waals surface area contributed by atoms with E-state index in [4.69, 9.17) is 11.6 Å². The van der Waals surface area contributed by atoms with E-state index >= 15 is 0 Å². The van der Waals surface area contributed by atoms with Gasteiger partial charge in [0.2, 0.25) is 0 Å². The zero-order valence-corrected chi connectivity index (χ0v) is 13.3. The van der Waals surface area contributed by atoms with Crippen molar-refractivity contribution < 1.29 is 0 Å². The lowest BCUT2D eigenvalue weighted by Gasteiger charge is -2.17. The molecule has 2 aromatic rings. The zero-order chi connectivity index (χ0) is 13.0. The Morgan fingerprint density at radius 2 is 1.94 bits per heavy atom. The second-order valence-electron chi connectivity index (χ2n) is 4.08. The molecule has 0 fully saturated rings. The Labute approximate surface area is 125 Å². The number of halogens is 2. The van der Waals surface area contributed by atoms with Crippen LogP contribution in [0.3, 0.4) is 0 Å². The second-order valence-corrected chi connectivity index (χ2v) is 6.74. The molecule has 0 radical (unpaired) electrons. The van der Waals surface area contributed by atoms with Gasteiger partial charge in [-0.15, -0.1) is 11.3 Å². The van der Waals surface area contributed by atoms with Crippen molar-refractivity contribution in [3.05, 3.63) is 55.6 Å². The lowest BCUT2D eigenvalue weighted by molar-refractivity contribution is 0.606. The molecule has 0 saturated carbocycles. The first kappa shape index (κ1) is 14.1. The van der Waals surface area contributed by atoms with Gasteiger partial charge in [0.1, 0.15) is 0 Å². The van der Waals surface area contributed by atoms with Gasteiger partial charge in [-0.2, -0.15) is 0 Å². The lowest BCUT2D eigenvalue weighted by Crippen LogP contribution is -2.22. The van der Waals surface area contributed by atoms with Crippen LogP contribution in [0.1, 0.15) is 29.8 Å². The highest BCUT2D eigenvalue weighted by molar-refractivity contribution is 9.10. The fourth-order valence-corrected chi connectivity index (χ4v) is 3.24. The monoisotopic (exact) mass is 343 g/mol. The van der Waals surface area contributed by atoms with Gasteiger partial charge in [0.25, 0.3) is 0 Å². The van der Waals surface area contributed by atoms with E-state index in [-0.39, 0.29) is 6.04 Å². The van der Waals surface area contributed by atoms with Crippen molar-refractivity contribution in [1.82, 2.24) is 5.32 Å². The first-order valence-electron chi connectivity index (χ1n) is 5.94. The molecule has 1 aromatic heterocycles. The van der Waals surface area contributed by atoms with Crippen LogP contribution in [0, 0.1) is 0 Å². The summed E-state index contributed by atoms with van der Waals surface area (Å²) in [5, 5.41) is 3.57. The average molecular weight is 345 g/mol. The molecule has 0 aliphatic carbocycles. The summed E-state index contributed by atoms with van der Waals surface area (Å²) in [5.41, 5.74) is 1.27. The quantitative estimate of drug-likeness (QED) is 0.781. The molecule has 4 heteroatoms. The van der Waals surface area contributed by atoms with Gasteiger partial charge in [0.15, 0.2) is 0 Å². The van der Waals surface area contributed by atoms with Crippen molar-refractivity contribution in [3.8, 4) is 0 Å². The Hall–Kier alpha value is -0.350. The summed E-state index contributed by atoms with van der Waals surface area (Å²) < 4.78 is 1.94. The number of benzene rings is 1. The molecule has 0 aliphatic rings. The van der Waals surface area contributed by atoms with E-state index in [1.807, 2.05) is 6.07 Å². The summed E-state index contributed by atoms with van der Waals surface area (Å²) in [5.74, 6) is 0. The van der Waals surface area contributed by atoms with Crippen molar-refractivity contribution in [2.75, 3.05) is 6.54 Å². The number of thiophene rings is 1. The molecule has 1 N–H and O–H groups in total. The number of hydrogen-bond acceptors (Lipinski definition) is 2. The number of rotatable bonds is 5. The molecule has 96 valence electrons. The third-order valence-electron chi connectivity index (χ3n) is 2.68. The van der Waals surface area contributed by atoms with Crippen LogP contribution in [0.25, 0.3) is 0 Å². The zero-order valence-electron chi connectivity index (χ0n) is 10.1. The molecule has 0 amide bonds. The lowest BCUT2D eigenvalue weighted by atomic mass is 10.1. The molecule has 18 heavy (non-hydrogen) atoms. The molecule has 1 aromatic carbocycles. The molecule has 1 unspecified atom stereocenters. The van der Waals surface area contributed by atoms with Crippen molar-refractivity contribution >= 4 is 38.9 Å². The molecular weight excluding hydrogens is 330 g/mol. The van der Waals surface area contributed by atoms with Crippen LogP contribution in [0.15, 0.2) is 40.9 Å². The van der Waals surface area contributed by atoms with Gasteiger partial charge < -0.3 is 5.32 Å². The third kappa shape index (κ3) is 3.58. The summed E-state index contributed by atoms with van der Waals surface area (Å²) in [4.78, 5) is 1.26. The van der Waals surface area contributed by atoms with E-state index < -0.39 is 0 Å². The van der Waals surface area contributed by atoms with Crippen molar-refractivity contribution in [2.24, 2.45) is 0 Å². The van der Waals surface area contributed by atoms with Crippen LogP contribution >= 0.6 is 38.9 Å². The summed E-state index contributed by atoms with van der Waals surface area (Å²) in [6.45, 7) is 3.17. The van der Waals surface area contributed by atoms with Gasteiger partial charge in [0.05, 0.1) is 10.4 Å². The molecular formula is C14H15BrClNS. The molecule has 2 rings (SSSR count). The minimum Gasteiger partial charge on any atom is -0.306 e. The van der Waals surface area contributed by atoms with E-state index in [0.29, 0.717) is 0 Å². The van der Waals surface area contributed by atoms with Crippen LogP contribution in [0.5, 0.6) is 0 Å². The minimum atomic E-state index is 0.232. The largest absolute Gasteiger partial charge is 0.306 e. The first-order valence-corrected chi connectivity index (χ1v) is 7.93. The van der Waals surface area contributed by atoms with E-state index in [1.165, 1.54) is 10.4 Å². The minimum absolute atomic E-state index is 0.232. The predicted molar refractivity (Wildman–Crippen MR) is 83.6 cm³/mol. The number of hydrogen-bond donors (Lipinski definition) is 1. The van der Waals surface area contributed by atoms with Gasteiger partial charge in [-0.3, -0.25) is 0 Å². The molecule has 0 bridgehead atoms. The predicted octanol–water partition coefficient (Wildman–Crippen LogP) is 5.25. The summed E-state index contributed by atoms with van der Waals surface area (Å²) >= 11 is 11.1. The average Bonchev–Trinajstić information content (AvgIpc) is 2.78. The van der Waals surface area contributed by atoms with E-state index in [2.05, 4.69) is 58.5 Å². The number of nitrogens with one attached hydrogen (secondary N) is 1. The van der Waals surface area contributed by atoms with Crippen LogP contribution in [0.2, 0.25) is 4.34 Å². The second kappa shape index (κ2) is 6.71. The van der Waals surface area contributed by atoms with Crippen molar-refractivity contribution in [1.29, 1.82) is 0 Å². The van der Waals surface area contributed by atoms with Crippen LogP contribution < -0.4 is 5.32 Å². The normalized spacial score (nSPS) is 12.6. The van der Waals surface area contributed by atoms with Gasteiger partial charge in [-0.1, -0.05) is 46.6 Å².